The average molecular weight is 264 g/mol. The second kappa shape index (κ2) is 5.38. The third-order valence-corrected chi connectivity index (χ3v) is 2.29. The largest absolute Gasteiger partial charge is 0.394 e. The van der Waals surface area contributed by atoms with E-state index in [1.165, 1.54) is 0 Å². The summed E-state index contributed by atoms with van der Waals surface area (Å²) in [6.45, 7) is -0.298. The second-order valence-corrected chi connectivity index (χ2v) is 3.79. The molecule has 0 aliphatic rings. The first-order valence-corrected chi connectivity index (χ1v) is 5.01. The number of hydrogen-bond donors (Lipinski definition) is 2. The van der Waals surface area contributed by atoms with Crippen molar-refractivity contribution >= 4 is 15.9 Å². The zero-order valence-electron chi connectivity index (χ0n) is 7.45. The molecule has 3 nitrogen and oxygen atoms in total. The molecular formula is C9H11BrFNO2. The highest BCUT2D eigenvalue weighted by Crippen LogP contribution is 2.14. The summed E-state index contributed by atoms with van der Waals surface area (Å²) >= 11 is 3.13. The van der Waals surface area contributed by atoms with Crippen molar-refractivity contribution in [3.63, 3.8) is 0 Å². The molecule has 78 valence electrons. The summed E-state index contributed by atoms with van der Waals surface area (Å²) < 4.78 is 13.7. The van der Waals surface area contributed by atoms with Crippen LogP contribution in [0, 0.1) is 5.82 Å². The molecule has 1 heterocycles. The fourth-order valence-corrected chi connectivity index (χ4v) is 1.43. The van der Waals surface area contributed by atoms with Gasteiger partial charge in [0.25, 0.3) is 0 Å². The van der Waals surface area contributed by atoms with Gasteiger partial charge in [0.1, 0.15) is 10.4 Å². The lowest BCUT2D eigenvalue weighted by atomic mass is 10.1. The number of rotatable bonds is 4. The van der Waals surface area contributed by atoms with Gasteiger partial charge in [-0.25, -0.2) is 9.37 Å². The van der Waals surface area contributed by atoms with Gasteiger partial charge in [0.2, 0.25) is 0 Å². The van der Waals surface area contributed by atoms with Gasteiger partial charge in [0.05, 0.1) is 18.9 Å². The smallest absolute Gasteiger partial charge is 0.144 e. The quantitative estimate of drug-likeness (QED) is 0.805. The SMILES string of the molecule is OCC(O)CCc1cc(Br)ncc1F. The third kappa shape index (κ3) is 3.32. The van der Waals surface area contributed by atoms with Crippen LogP contribution in [0.5, 0.6) is 0 Å². The minimum Gasteiger partial charge on any atom is -0.394 e. The van der Waals surface area contributed by atoms with Gasteiger partial charge < -0.3 is 10.2 Å². The molecule has 1 unspecified atom stereocenters. The normalized spacial score (nSPS) is 12.9. The molecule has 0 amide bonds. The van der Waals surface area contributed by atoms with Crippen LogP contribution < -0.4 is 0 Å². The van der Waals surface area contributed by atoms with Crippen LogP contribution in [0.25, 0.3) is 0 Å². The van der Waals surface area contributed by atoms with Crippen LogP contribution in [0.2, 0.25) is 0 Å². The lowest BCUT2D eigenvalue weighted by Gasteiger charge is -2.07. The van der Waals surface area contributed by atoms with E-state index in [4.69, 9.17) is 10.2 Å². The van der Waals surface area contributed by atoms with E-state index in [0.29, 0.717) is 23.0 Å². The molecule has 2 N–H and O–H groups in total. The average Bonchev–Trinajstić information content (AvgIpc) is 2.19. The van der Waals surface area contributed by atoms with Crippen LogP contribution in [0.1, 0.15) is 12.0 Å². The number of aryl methyl sites for hydroxylation is 1. The first-order chi connectivity index (χ1) is 6.63. The molecule has 0 radical (unpaired) electrons. The Kier molecular flexibility index (Phi) is 4.44. The molecule has 0 saturated heterocycles. The standard InChI is InChI=1S/C9H11BrFNO2/c10-9-3-6(8(11)4-12-9)1-2-7(14)5-13/h3-4,7,13-14H,1-2,5H2. The Hall–Kier alpha value is -0.520. The lowest BCUT2D eigenvalue weighted by Crippen LogP contribution is -2.13. The molecular weight excluding hydrogens is 253 g/mol. The zero-order valence-corrected chi connectivity index (χ0v) is 9.04. The molecule has 1 rings (SSSR count). The van der Waals surface area contributed by atoms with Crippen LogP contribution in [0.15, 0.2) is 16.9 Å². The van der Waals surface area contributed by atoms with Crippen LogP contribution in [-0.4, -0.2) is 27.9 Å². The zero-order chi connectivity index (χ0) is 10.6. The Balaban J connectivity index is 2.62. The second-order valence-electron chi connectivity index (χ2n) is 2.97. The van der Waals surface area contributed by atoms with E-state index in [9.17, 15) is 4.39 Å². The maximum atomic E-state index is 13.1. The lowest BCUT2D eigenvalue weighted by molar-refractivity contribution is 0.0884. The summed E-state index contributed by atoms with van der Waals surface area (Å²) in [4.78, 5) is 3.72. The fraction of sp³-hybridized carbons (Fsp3) is 0.444. The van der Waals surface area contributed by atoms with E-state index >= 15 is 0 Å². The molecule has 0 aromatic carbocycles. The van der Waals surface area contributed by atoms with Crippen molar-refractivity contribution in [2.24, 2.45) is 0 Å². The molecule has 1 atom stereocenters. The minimum atomic E-state index is -0.790. The van der Waals surface area contributed by atoms with Crippen molar-refractivity contribution in [3.05, 3.63) is 28.2 Å². The van der Waals surface area contributed by atoms with Crippen LogP contribution in [0.4, 0.5) is 4.39 Å². The van der Waals surface area contributed by atoms with Gasteiger partial charge in [-0.1, -0.05) is 0 Å². The molecule has 0 aliphatic heterocycles. The highest BCUT2D eigenvalue weighted by Gasteiger charge is 2.07. The number of aromatic nitrogens is 1. The van der Waals surface area contributed by atoms with Gasteiger partial charge in [0.15, 0.2) is 0 Å². The highest BCUT2D eigenvalue weighted by atomic mass is 79.9. The highest BCUT2D eigenvalue weighted by molar-refractivity contribution is 9.10. The molecule has 1 aromatic heterocycles. The molecule has 0 aliphatic carbocycles. The predicted molar refractivity (Wildman–Crippen MR) is 53.3 cm³/mol. The Labute approximate surface area is 89.7 Å². The summed E-state index contributed by atoms with van der Waals surface area (Å²) in [5, 5.41) is 17.7. The topological polar surface area (TPSA) is 53.4 Å². The van der Waals surface area contributed by atoms with E-state index in [1.54, 1.807) is 6.07 Å². The first-order valence-electron chi connectivity index (χ1n) is 4.22. The maximum absolute atomic E-state index is 13.1. The van der Waals surface area contributed by atoms with E-state index in [2.05, 4.69) is 20.9 Å². The summed E-state index contributed by atoms with van der Waals surface area (Å²) in [5.41, 5.74) is 0.486. The molecule has 0 saturated carbocycles. The van der Waals surface area contributed by atoms with Crippen molar-refractivity contribution < 1.29 is 14.6 Å². The third-order valence-electron chi connectivity index (χ3n) is 1.86. The van der Waals surface area contributed by atoms with E-state index in [0.717, 1.165) is 6.20 Å². The van der Waals surface area contributed by atoms with Crippen molar-refractivity contribution in [1.82, 2.24) is 4.98 Å². The molecule has 14 heavy (non-hydrogen) atoms. The number of aliphatic hydroxyl groups is 2. The van der Waals surface area contributed by atoms with E-state index in [1.807, 2.05) is 0 Å². The van der Waals surface area contributed by atoms with Crippen molar-refractivity contribution in [1.29, 1.82) is 0 Å². The van der Waals surface area contributed by atoms with Crippen molar-refractivity contribution in [2.45, 2.75) is 18.9 Å². The van der Waals surface area contributed by atoms with Crippen LogP contribution in [-0.2, 0) is 6.42 Å². The van der Waals surface area contributed by atoms with Gasteiger partial charge in [-0.2, -0.15) is 0 Å². The first kappa shape index (κ1) is 11.6. The Bertz CT molecular complexity index is 309. The summed E-state index contributed by atoms with van der Waals surface area (Å²) in [6.07, 6.45) is 1.06. The Morgan fingerprint density at radius 1 is 1.57 bits per heavy atom. The number of halogens is 2. The predicted octanol–water partition coefficient (Wildman–Crippen LogP) is 1.27. The minimum absolute atomic E-state index is 0.298. The Morgan fingerprint density at radius 3 is 2.93 bits per heavy atom. The van der Waals surface area contributed by atoms with Crippen molar-refractivity contribution in [3.8, 4) is 0 Å². The van der Waals surface area contributed by atoms with Crippen molar-refractivity contribution in [2.75, 3.05) is 6.61 Å². The molecule has 5 heteroatoms. The summed E-state index contributed by atoms with van der Waals surface area (Å²) in [6, 6.07) is 1.57. The monoisotopic (exact) mass is 263 g/mol. The van der Waals surface area contributed by atoms with Crippen LogP contribution >= 0.6 is 15.9 Å². The summed E-state index contributed by atoms with van der Waals surface area (Å²) in [7, 11) is 0. The molecule has 0 bridgehead atoms. The molecule has 0 fully saturated rings. The molecule has 1 aromatic rings. The maximum Gasteiger partial charge on any atom is 0.144 e. The molecule has 0 spiro atoms. The van der Waals surface area contributed by atoms with Gasteiger partial charge in [-0.15, -0.1) is 0 Å². The van der Waals surface area contributed by atoms with Gasteiger partial charge in [0, 0.05) is 0 Å². The number of pyridine rings is 1. The van der Waals surface area contributed by atoms with Gasteiger partial charge in [-0.3, -0.25) is 0 Å². The number of nitrogens with zero attached hydrogens (tertiary/aromatic N) is 1. The number of hydrogen-bond acceptors (Lipinski definition) is 3. The van der Waals surface area contributed by atoms with E-state index in [-0.39, 0.29) is 6.61 Å². The number of aliphatic hydroxyl groups excluding tert-OH is 2. The summed E-state index contributed by atoms with van der Waals surface area (Å²) in [5.74, 6) is -0.390. The van der Waals surface area contributed by atoms with Crippen LogP contribution in [0.3, 0.4) is 0 Å². The Morgan fingerprint density at radius 2 is 2.29 bits per heavy atom. The fourth-order valence-electron chi connectivity index (χ4n) is 1.06. The van der Waals surface area contributed by atoms with E-state index < -0.39 is 11.9 Å². The van der Waals surface area contributed by atoms with Gasteiger partial charge >= 0.3 is 0 Å². The van der Waals surface area contributed by atoms with Gasteiger partial charge in [-0.05, 0) is 40.4 Å².